The van der Waals surface area contributed by atoms with Gasteiger partial charge in [-0.05, 0) is 30.4 Å². The van der Waals surface area contributed by atoms with Gasteiger partial charge < -0.3 is 15.2 Å². The van der Waals surface area contributed by atoms with Crippen molar-refractivity contribution in [3.05, 3.63) is 63.8 Å². The third-order valence-electron chi connectivity index (χ3n) is 4.28. The van der Waals surface area contributed by atoms with E-state index in [0.717, 1.165) is 19.3 Å². The first-order chi connectivity index (χ1) is 11.1. The highest BCUT2D eigenvalue weighted by atomic mass is 16.2. The fourth-order valence-corrected chi connectivity index (χ4v) is 3.07. The minimum absolute atomic E-state index is 0.0899. The topological polar surface area (TPSA) is 78.1 Å². The third kappa shape index (κ3) is 3.41. The Morgan fingerprint density at radius 3 is 3.09 bits per heavy atom. The van der Waals surface area contributed by atoms with Gasteiger partial charge >= 0.3 is 6.03 Å². The molecule has 1 aliphatic rings. The van der Waals surface area contributed by atoms with Crippen LogP contribution in [0.3, 0.4) is 0 Å². The number of urea groups is 1. The molecular weight excluding hydrogens is 292 g/mol. The highest BCUT2D eigenvalue weighted by Crippen LogP contribution is 2.33. The molecule has 1 aromatic carbocycles. The lowest BCUT2D eigenvalue weighted by Gasteiger charge is -2.33. The zero-order chi connectivity index (χ0) is 16.2. The quantitative estimate of drug-likeness (QED) is 0.910. The molecule has 1 aliphatic carbocycles. The summed E-state index contributed by atoms with van der Waals surface area (Å²) >= 11 is 0. The van der Waals surface area contributed by atoms with E-state index in [0.29, 0.717) is 5.69 Å². The molecule has 1 heterocycles. The summed E-state index contributed by atoms with van der Waals surface area (Å²) < 4.78 is 0. The molecule has 120 valence electrons. The number of aromatic amines is 1. The van der Waals surface area contributed by atoms with Gasteiger partial charge in [0.1, 0.15) is 0 Å². The van der Waals surface area contributed by atoms with Crippen molar-refractivity contribution < 1.29 is 4.79 Å². The Kier molecular flexibility index (Phi) is 4.41. The minimum Gasteiger partial charge on any atom is -0.332 e. The summed E-state index contributed by atoms with van der Waals surface area (Å²) in [4.78, 5) is 31.9. The maximum atomic E-state index is 12.4. The zero-order valence-electron chi connectivity index (χ0n) is 13.1. The summed E-state index contributed by atoms with van der Waals surface area (Å²) in [5.41, 5.74) is 2.86. The van der Waals surface area contributed by atoms with Crippen LogP contribution < -0.4 is 10.9 Å². The van der Waals surface area contributed by atoms with E-state index in [2.05, 4.69) is 27.4 Å². The van der Waals surface area contributed by atoms with Crippen molar-refractivity contribution in [2.75, 3.05) is 7.05 Å². The van der Waals surface area contributed by atoms with Gasteiger partial charge in [-0.2, -0.15) is 0 Å². The summed E-state index contributed by atoms with van der Waals surface area (Å²) in [5.74, 6) is 0. The van der Waals surface area contributed by atoms with Crippen LogP contribution in [0, 0.1) is 0 Å². The molecule has 0 spiro atoms. The summed E-state index contributed by atoms with van der Waals surface area (Å²) in [6.07, 6.45) is 4.45. The van der Waals surface area contributed by atoms with E-state index in [1.165, 1.54) is 23.5 Å². The van der Waals surface area contributed by atoms with Crippen molar-refractivity contribution in [1.82, 2.24) is 20.2 Å². The van der Waals surface area contributed by atoms with Gasteiger partial charge in [0.2, 0.25) is 0 Å². The van der Waals surface area contributed by atoms with E-state index < -0.39 is 0 Å². The molecule has 0 saturated carbocycles. The number of nitrogens with one attached hydrogen (secondary N) is 2. The molecular formula is C17H20N4O2. The van der Waals surface area contributed by atoms with E-state index in [1.54, 1.807) is 4.90 Å². The van der Waals surface area contributed by atoms with E-state index >= 15 is 0 Å². The van der Waals surface area contributed by atoms with Gasteiger partial charge in [-0.3, -0.25) is 4.79 Å². The molecule has 2 amide bonds. The molecule has 3 rings (SSSR count). The van der Waals surface area contributed by atoms with Crippen LogP contribution in [-0.4, -0.2) is 27.9 Å². The van der Waals surface area contributed by atoms with Gasteiger partial charge in [-0.15, -0.1) is 0 Å². The Morgan fingerprint density at radius 2 is 2.26 bits per heavy atom. The van der Waals surface area contributed by atoms with E-state index in [9.17, 15) is 9.59 Å². The smallest absolute Gasteiger partial charge is 0.317 e. The van der Waals surface area contributed by atoms with Gasteiger partial charge in [0, 0.05) is 13.1 Å². The van der Waals surface area contributed by atoms with Crippen LogP contribution >= 0.6 is 0 Å². The number of aromatic nitrogens is 2. The van der Waals surface area contributed by atoms with Crippen LogP contribution in [0.25, 0.3) is 0 Å². The molecule has 0 radical (unpaired) electrons. The van der Waals surface area contributed by atoms with E-state index in [4.69, 9.17) is 0 Å². The van der Waals surface area contributed by atoms with Crippen LogP contribution in [0.15, 0.2) is 41.5 Å². The molecule has 0 bridgehead atoms. The number of fused-ring (bicyclic) bond motifs is 1. The summed E-state index contributed by atoms with van der Waals surface area (Å²) in [5, 5.41) is 2.83. The lowest BCUT2D eigenvalue weighted by Crippen LogP contribution is -2.40. The van der Waals surface area contributed by atoms with Crippen molar-refractivity contribution >= 4 is 6.03 Å². The normalized spacial score (nSPS) is 16.5. The lowest BCUT2D eigenvalue weighted by atomic mass is 9.87. The molecule has 0 saturated heterocycles. The SMILES string of the molecule is CN(C(=O)NCc1cc(=O)[nH]cn1)C1CCCc2ccccc21. The molecule has 1 atom stereocenters. The largest absolute Gasteiger partial charge is 0.332 e. The monoisotopic (exact) mass is 312 g/mol. The number of rotatable bonds is 3. The molecule has 6 heteroatoms. The van der Waals surface area contributed by atoms with Crippen LogP contribution in [0.4, 0.5) is 4.79 Å². The van der Waals surface area contributed by atoms with Gasteiger partial charge in [-0.1, -0.05) is 24.3 Å². The zero-order valence-corrected chi connectivity index (χ0v) is 13.1. The maximum absolute atomic E-state index is 12.4. The number of carbonyl (C=O) groups excluding carboxylic acids is 1. The van der Waals surface area contributed by atoms with E-state index in [1.807, 2.05) is 19.2 Å². The number of nitrogens with zero attached hydrogens (tertiary/aromatic N) is 2. The van der Waals surface area contributed by atoms with Gasteiger partial charge in [-0.25, -0.2) is 9.78 Å². The Hall–Kier alpha value is -2.63. The average molecular weight is 312 g/mol. The van der Waals surface area contributed by atoms with Crippen LogP contribution in [-0.2, 0) is 13.0 Å². The second kappa shape index (κ2) is 6.64. The first kappa shape index (κ1) is 15.3. The Balaban J connectivity index is 1.67. The van der Waals surface area contributed by atoms with Crippen molar-refractivity contribution in [2.45, 2.75) is 31.8 Å². The number of hydrogen-bond acceptors (Lipinski definition) is 3. The Morgan fingerprint density at radius 1 is 1.43 bits per heavy atom. The van der Waals surface area contributed by atoms with Crippen LogP contribution in [0.5, 0.6) is 0 Å². The predicted octanol–water partition coefficient (Wildman–Crippen LogP) is 1.99. The van der Waals surface area contributed by atoms with Crippen molar-refractivity contribution in [2.24, 2.45) is 0 Å². The molecule has 1 unspecified atom stereocenters. The van der Waals surface area contributed by atoms with Crippen molar-refractivity contribution in [1.29, 1.82) is 0 Å². The third-order valence-corrected chi connectivity index (χ3v) is 4.28. The molecule has 0 fully saturated rings. The van der Waals surface area contributed by atoms with Crippen molar-refractivity contribution in [3.63, 3.8) is 0 Å². The second-order valence-electron chi connectivity index (χ2n) is 5.78. The Bertz CT molecular complexity index is 756. The first-order valence-electron chi connectivity index (χ1n) is 7.77. The molecule has 23 heavy (non-hydrogen) atoms. The first-order valence-corrected chi connectivity index (χ1v) is 7.77. The van der Waals surface area contributed by atoms with Crippen LogP contribution in [0.2, 0.25) is 0 Å². The minimum atomic E-state index is -0.223. The fraction of sp³-hybridized carbons (Fsp3) is 0.353. The molecule has 6 nitrogen and oxygen atoms in total. The highest BCUT2D eigenvalue weighted by Gasteiger charge is 2.26. The average Bonchev–Trinajstić information content (AvgIpc) is 2.58. The fourth-order valence-electron chi connectivity index (χ4n) is 3.07. The summed E-state index contributed by atoms with van der Waals surface area (Å²) in [6, 6.07) is 9.61. The van der Waals surface area contributed by atoms with Crippen LogP contribution in [0.1, 0.15) is 35.7 Å². The van der Waals surface area contributed by atoms with Gasteiger partial charge in [0.05, 0.1) is 24.6 Å². The molecule has 2 N–H and O–H groups in total. The number of carbonyl (C=O) groups is 1. The number of benzene rings is 1. The predicted molar refractivity (Wildman–Crippen MR) is 87.0 cm³/mol. The Labute approximate surface area is 134 Å². The lowest BCUT2D eigenvalue weighted by molar-refractivity contribution is 0.183. The van der Waals surface area contributed by atoms with Crippen molar-refractivity contribution in [3.8, 4) is 0 Å². The molecule has 2 aromatic rings. The van der Waals surface area contributed by atoms with E-state index in [-0.39, 0.29) is 24.2 Å². The molecule has 0 aliphatic heterocycles. The number of hydrogen-bond donors (Lipinski definition) is 2. The number of amides is 2. The second-order valence-corrected chi connectivity index (χ2v) is 5.78. The summed E-state index contributed by atoms with van der Waals surface area (Å²) in [6.45, 7) is 0.238. The molecule has 1 aromatic heterocycles. The highest BCUT2D eigenvalue weighted by molar-refractivity contribution is 5.74. The van der Waals surface area contributed by atoms with Gasteiger partial charge in [0.15, 0.2) is 0 Å². The standard InChI is InChI=1S/C17H20N4O2/c1-21(15-8-4-6-12-5-2-3-7-14(12)15)17(23)18-10-13-9-16(22)20-11-19-13/h2-3,5,7,9,11,15H,4,6,8,10H2,1H3,(H,18,23)(H,19,20,22). The number of aryl methyl sites for hydroxylation is 1. The number of H-pyrrole nitrogens is 1. The van der Waals surface area contributed by atoms with Gasteiger partial charge in [0.25, 0.3) is 5.56 Å². The maximum Gasteiger partial charge on any atom is 0.317 e. The summed E-state index contributed by atoms with van der Waals surface area (Å²) in [7, 11) is 1.81.